The number of aliphatic carboxylic acids is 1. The van der Waals surface area contributed by atoms with Crippen LogP contribution in [0.1, 0.15) is 129 Å². The van der Waals surface area contributed by atoms with Crippen LogP contribution in [0.4, 0.5) is 10.2 Å². The molecule has 0 saturated heterocycles. The summed E-state index contributed by atoms with van der Waals surface area (Å²) >= 11 is 0. The van der Waals surface area contributed by atoms with Crippen LogP contribution < -0.4 is 5.73 Å². The van der Waals surface area contributed by atoms with Crippen molar-refractivity contribution in [1.82, 2.24) is 19.5 Å². The second-order valence-corrected chi connectivity index (χ2v) is 11.6. The summed E-state index contributed by atoms with van der Waals surface area (Å²) in [6, 6.07) is 0. The van der Waals surface area contributed by atoms with E-state index in [4.69, 9.17) is 20.3 Å². The third-order valence-electron chi connectivity index (χ3n) is 7.90. The van der Waals surface area contributed by atoms with Crippen LogP contribution in [0.3, 0.4) is 0 Å². The van der Waals surface area contributed by atoms with E-state index >= 15 is 0 Å². The molecule has 3 N–H and O–H groups in total. The number of carbonyl (C=O) groups is 2. The number of rotatable bonds is 25. The van der Waals surface area contributed by atoms with E-state index < -0.39 is 17.6 Å². The summed E-state index contributed by atoms with van der Waals surface area (Å²) in [4.78, 5) is 34.2. The van der Waals surface area contributed by atoms with E-state index in [1.165, 1.54) is 70.5 Å². The van der Waals surface area contributed by atoms with Crippen molar-refractivity contribution < 1.29 is 28.6 Å². The van der Waals surface area contributed by atoms with Gasteiger partial charge in [-0.1, -0.05) is 89.9 Å². The highest BCUT2D eigenvalue weighted by atomic mass is 19.1. The predicted molar refractivity (Wildman–Crippen MR) is 161 cm³/mol. The molecule has 2 heterocycles. The third kappa shape index (κ3) is 14.4. The van der Waals surface area contributed by atoms with Gasteiger partial charge in [-0.25, -0.2) is 4.98 Å². The fourth-order valence-electron chi connectivity index (χ4n) is 5.02. The number of esters is 1. The van der Waals surface area contributed by atoms with E-state index in [0.29, 0.717) is 37.0 Å². The number of aryl methyl sites for hydroxylation is 1. The molecule has 0 bridgehead atoms. The average molecular weight is 594 g/mol. The summed E-state index contributed by atoms with van der Waals surface area (Å²) in [5.41, 5.74) is 5.70. The fourth-order valence-corrected chi connectivity index (χ4v) is 5.02. The Hall–Kier alpha value is -2.82. The van der Waals surface area contributed by atoms with Gasteiger partial charge in [-0.2, -0.15) is 14.4 Å². The van der Waals surface area contributed by atoms with Gasteiger partial charge in [-0.3, -0.25) is 9.59 Å². The molecule has 0 unspecified atom stereocenters. The molecule has 0 aliphatic rings. The zero-order chi connectivity index (χ0) is 30.6. The van der Waals surface area contributed by atoms with Crippen LogP contribution in [0.5, 0.6) is 0 Å². The van der Waals surface area contributed by atoms with E-state index in [9.17, 15) is 14.0 Å². The number of fused-ring (bicyclic) bond motifs is 1. The van der Waals surface area contributed by atoms with Crippen LogP contribution in [0.25, 0.3) is 11.2 Å². The molecular weight excluding hydrogens is 541 g/mol. The van der Waals surface area contributed by atoms with Gasteiger partial charge in [0.25, 0.3) is 0 Å². The van der Waals surface area contributed by atoms with Crippen molar-refractivity contribution in [3.63, 3.8) is 0 Å². The number of anilines is 1. The Morgan fingerprint density at radius 1 is 0.881 bits per heavy atom. The number of unbranched alkanes of at least 4 members (excludes halogenated alkanes) is 15. The first-order valence-corrected chi connectivity index (χ1v) is 15.8. The monoisotopic (exact) mass is 593 g/mol. The van der Waals surface area contributed by atoms with Crippen molar-refractivity contribution in [2.45, 2.75) is 141 Å². The van der Waals surface area contributed by atoms with Crippen LogP contribution in [0.15, 0.2) is 6.33 Å². The number of imidazole rings is 1. The molecule has 1 atom stereocenters. The first-order chi connectivity index (χ1) is 20.2. The van der Waals surface area contributed by atoms with Crippen molar-refractivity contribution >= 4 is 28.9 Å². The summed E-state index contributed by atoms with van der Waals surface area (Å²) < 4.78 is 26.4. The van der Waals surface area contributed by atoms with Gasteiger partial charge < -0.3 is 24.9 Å². The van der Waals surface area contributed by atoms with E-state index in [1.807, 2.05) is 6.92 Å². The molecule has 0 radical (unpaired) electrons. The van der Waals surface area contributed by atoms with E-state index in [0.717, 1.165) is 38.5 Å². The number of hydrogen-bond acceptors (Lipinski definition) is 8. The molecular formula is C31H52FN5O5. The molecule has 0 aromatic carbocycles. The lowest BCUT2D eigenvalue weighted by Crippen LogP contribution is -2.35. The number of aromatic nitrogens is 4. The number of carboxylic acids is 1. The zero-order valence-corrected chi connectivity index (χ0v) is 25.8. The topological polar surface area (TPSA) is 142 Å². The molecule has 11 heteroatoms. The Morgan fingerprint density at radius 3 is 1.88 bits per heavy atom. The molecule has 0 fully saturated rings. The van der Waals surface area contributed by atoms with Crippen LogP contribution in [0, 0.1) is 6.08 Å². The quantitative estimate of drug-likeness (QED) is 0.0707. The Labute approximate surface area is 250 Å². The third-order valence-corrected chi connectivity index (χ3v) is 7.90. The maximum atomic E-state index is 13.6. The minimum absolute atomic E-state index is 0.00198. The maximum absolute atomic E-state index is 13.6. The Morgan fingerprint density at radius 2 is 1.38 bits per heavy atom. The van der Waals surface area contributed by atoms with Crippen LogP contribution >= 0.6 is 0 Å². The van der Waals surface area contributed by atoms with Crippen molar-refractivity contribution in [1.29, 1.82) is 0 Å². The number of carbonyl (C=O) groups excluding carboxylic acids is 1. The smallest absolute Gasteiger partial charge is 0.312 e. The number of halogens is 1. The normalized spacial score (nSPS) is 12.9. The molecule has 0 aliphatic carbocycles. The molecule has 2 aromatic heterocycles. The van der Waals surface area contributed by atoms with Gasteiger partial charge in [0.15, 0.2) is 11.5 Å². The van der Waals surface area contributed by atoms with Gasteiger partial charge >= 0.3 is 18.0 Å². The Kier molecular flexibility index (Phi) is 17.0. The Balaban J connectivity index is 1.43. The molecule has 2 aromatic rings. The molecule has 0 spiro atoms. The number of nitrogens with zero attached hydrogens (tertiary/aromatic N) is 4. The number of hydrogen-bond donors (Lipinski definition) is 2. The van der Waals surface area contributed by atoms with Gasteiger partial charge in [0, 0.05) is 26.5 Å². The van der Waals surface area contributed by atoms with Gasteiger partial charge in [0.2, 0.25) is 0 Å². The lowest BCUT2D eigenvalue weighted by molar-refractivity contribution is -0.153. The summed E-state index contributed by atoms with van der Waals surface area (Å²) in [6.45, 7) is 2.45. The van der Waals surface area contributed by atoms with Crippen LogP contribution in [0.2, 0.25) is 0 Å². The van der Waals surface area contributed by atoms with E-state index in [2.05, 4.69) is 15.0 Å². The predicted octanol–water partition coefficient (Wildman–Crippen LogP) is 6.99. The van der Waals surface area contributed by atoms with E-state index in [-0.39, 0.29) is 18.4 Å². The molecule has 10 nitrogen and oxygen atoms in total. The van der Waals surface area contributed by atoms with Gasteiger partial charge in [-0.05, 0) is 26.2 Å². The second kappa shape index (κ2) is 20.1. The molecule has 0 amide bonds. The van der Waals surface area contributed by atoms with Gasteiger partial charge in [-0.15, -0.1) is 0 Å². The average Bonchev–Trinajstić information content (AvgIpc) is 3.37. The number of nitrogens with two attached hydrogens (primary N) is 1. The number of methoxy groups -OCH3 is 1. The van der Waals surface area contributed by atoms with Gasteiger partial charge in [0.05, 0.1) is 6.33 Å². The number of ether oxygens (including phenoxy) is 2. The second-order valence-electron chi connectivity index (χ2n) is 11.6. The molecule has 0 aliphatic heterocycles. The molecule has 238 valence electrons. The highest BCUT2D eigenvalue weighted by Gasteiger charge is 2.26. The molecule has 2 rings (SSSR count). The largest absolute Gasteiger partial charge is 0.481 e. The van der Waals surface area contributed by atoms with Crippen LogP contribution in [-0.4, -0.2) is 55.9 Å². The summed E-state index contributed by atoms with van der Waals surface area (Å²) in [5.74, 6) is -0.903. The van der Waals surface area contributed by atoms with Crippen molar-refractivity contribution in [3.05, 3.63) is 12.4 Å². The fraction of sp³-hybridized carbons (Fsp3) is 0.774. The minimum Gasteiger partial charge on any atom is -0.481 e. The first-order valence-electron chi connectivity index (χ1n) is 15.8. The highest BCUT2D eigenvalue weighted by Crippen LogP contribution is 2.21. The van der Waals surface area contributed by atoms with Gasteiger partial charge in [0.1, 0.15) is 17.7 Å². The SMILES string of the molecule is CO[C@@](C)(CCn1cnc2c(N)nc(F)nc21)COC(=O)CCCCCCCCCCCCCCCCCCC(=O)O. The summed E-state index contributed by atoms with van der Waals surface area (Å²) in [6.07, 6.45) is 20.6. The standard InChI is InChI=1S/C31H52FN5O5/c1-31(41-2,21-22-37-24-34-27-28(33)35-30(32)36-29(27)37)23-42-26(40)20-18-16-14-12-10-8-6-4-3-5-7-9-11-13-15-17-19-25(38)39/h24H,3-23H2,1-2H3,(H,38,39)(H2,33,35,36)/t31-/m0/s1. The lowest BCUT2D eigenvalue weighted by atomic mass is 10.0. The Bertz CT molecular complexity index is 1070. The van der Waals surface area contributed by atoms with Crippen LogP contribution in [-0.2, 0) is 25.6 Å². The number of carboxylic acid groups (broad SMARTS) is 1. The summed E-state index contributed by atoms with van der Waals surface area (Å²) in [7, 11) is 1.58. The molecule has 42 heavy (non-hydrogen) atoms. The van der Waals surface area contributed by atoms with Crippen molar-refractivity contribution in [2.24, 2.45) is 0 Å². The highest BCUT2D eigenvalue weighted by molar-refractivity contribution is 5.81. The number of nitrogen functional groups attached to an aromatic ring is 1. The van der Waals surface area contributed by atoms with Crippen molar-refractivity contribution in [2.75, 3.05) is 19.5 Å². The molecule has 0 saturated carbocycles. The lowest BCUT2D eigenvalue weighted by Gasteiger charge is -2.27. The first kappa shape index (κ1) is 35.4. The summed E-state index contributed by atoms with van der Waals surface area (Å²) in [5, 5.41) is 8.63. The van der Waals surface area contributed by atoms with Crippen molar-refractivity contribution in [3.8, 4) is 0 Å². The zero-order valence-electron chi connectivity index (χ0n) is 25.8. The maximum Gasteiger partial charge on any atom is 0.312 e. The van der Waals surface area contributed by atoms with E-state index in [1.54, 1.807) is 11.7 Å². The minimum atomic E-state index is -0.900.